The molecule has 2 heterocycles. The summed E-state index contributed by atoms with van der Waals surface area (Å²) in [7, 11) is 0. The number of aromatic nitrogens is 4. The van der Waals surface area contributed by atoms with Gasteiger partial charge in [-0.1, -0.05) is 18.2 Å². The number of pyridine rings is 1. The molecule has 0 aliphatic rings. The summed E-state index contributed by atoms with van der Waals surface area (Å²) in [4.78, 5) is 20.3. The predicted molar refractivity (Wildman–Crippen MR) is 104 cm³/mol. The van der Waals surface area contributed by atoms with Gasteiger partial charge in [0, 0.05) is 16.3 Å². The van der Waals surface area contributed by atoms with Crippen LogP contribution in [0.15, 0.2) is 55.2 Å². The lowest BCUT2D eigenvalue weighted by Crippen LogP contribution is -2.39. The van der Waals surface area contributed by atoms with Crippen molar-refractivity contribution < 1.29 is 9.90 Å². The quantitative estimate of drug-likeness (QED) is 0.483. The van der Waals surface area contributed by atoms with Crippen LogP contribution in [0.25, 0.3) is 5.82 Å². The molecule has 0 spiro atoms. The van der Waals surface area contributed by atoms with Crippen LogP contribution in [0.1, 0.15) is 17.2 Å². The molecule has 26 heavy (non-hydrogen) atoms. The average Bonchev–Trinajstić information content (AvgIpc) is 3.20. The Bertz CT molecular complexity index is 871. The van der Waals surface area contributed by atoms with E-state index >= 15 is 0 Å². The number of nitrogens with zero attached hydrogens (tertiary/aromatic N) is 4. The standard InChI is InChI=1S/C17H17IN6O2/c18-14-4-2-1-3-13(14)15(9-25)23-17(26)21-8-12-5-6-20-16(7-12)24-11-19-10-22-24/h1-7,10-11,15,25H,8-9H2,(H2,21,23,26). The zero-order valence-corrected chi connectivity index (χ0v) is 15.9. The highest BCUT2D eigenvalue weighted by Gasteiger charge is 2.15. The number of carbonyl (C=O) groups is 1. The van der Waals surface area contributed by atoms with E-state index in [0.717, 1.165) is 14.7 Å². The van der Waals surface area contributed by atoms with Crippen molar-refractivity contribution in [2.24, 2.45) is 0 Å². The van der Waals surface area contributed by atoms with Crippen LogP contribution < -0.4 is 10.6 Å². The fourth-order valence-corrected chi connectivity index (χ4v) is 3.16. The molecule has 0 fully saturated rings. The van der Waals surface area contributed by atoms with E-state index in [1.807, 2.05) is 36.4 Å². The van der Waals surface area contributed by atoms with Crippen molar-refractivity contribution in [3.8, 4) is 5.82 Å². The van der Waals surface area contributed by atoms with E-state index in [9.17, 15) is 9.90 Å². The maximum Gasteiger partial charge on any atom is 0.315 e. The topological polar surface area (TPSA) is 105 Å². The molecule has 0 aliphatic carbocycles. The number of aliphatic hydroxyl groups is 1. The molecule has 8 nitrogen and oxygen atoms in total. The Morgan fingerprint density at radius 1 is 1.31 bits per heavy atom. The third kappa shape index (κ3) is 4.55. The van der Waals surface area contributed by atoms with Gasteiger partial charge in [0.25, 0.3) is 0 Å². The zero-order valence-electron chi connectivity index (χ0n) is 13.7. The molecule has 1 unspecified atom stereocenters. The average molecular weight is 464 g/mol. The molecular weight excluding hydrogens is 447 g/mol. The van der Waals surface area contributed by atoms with Crippen molar-refractivity contribution in [3.05, 3.63) is 69.9 Å². The highest BCUT2D eigenvalue weighted by molar-refractivity contribution is 14.1. The summed E-state index contributed by atoms with van der Waals surface area (Å²) in [6.07, 6.45) is 4.63. The number of carbonyl (C=O) groups excluding carboxylic acids is 1. The van der Waals surface area contributed by atoms with Crippen molar-refractivity contribution in [2.75, 3.05) is 6.61 Å². The second kappa shape index (κ2) is 8.72. The molecule has 2 aromatic heterocycles. The SMILES string of the molecule is O=C(NCc1ccnc(-n2cncn2)c1)NC(CO)c1ccccc1I. The second-order valence-electron chi connectivity index (χ2n) is 5.45. The van der Waals surface area contributed by atoms with Gasteiger partial charge >= 0.3 is 6.03 Å². The van der Waals surface area contributed by atoms with Crippen LogP contribution in [-0.4, -0.2) is 37.5 Å². The molecule has 1 atom stereocenters. The van der Waals surface area contributed by atoms with Crippen molar-refractivity contribution in [2.45, 2.75) is 12.6 Å². The summed E-state index contributed by atoms with van der Waals surface area (Å²) in [6, 6.07) is 10.4. The van der Waals surface area contributed by atoms with E-state index in [0.29, 0.717) is 12.4 Å². The van der Waals surface area contributed by atoms with Crippen LogP contribution >= 0.6 is 22.6 Å². The van der Waals surface area contributed by atoms with Crippen molar-refractivity contribution in [3.63, 3.8) is 0 Å². The summed E-state index contributed by atoms with van der Waals surface area (Å²) >= 11 is 2.18. The molecule has 0 bridgehead atoms. The first-order valence-electron chi connectivity index (χ1n) is 7.87. The molecule has 0 aliphatic heterocycles. The molecule has 0 radical (unpaired) electrons. The zero-order chi connectivity index (χ0) is 18.4. The van der Waals surface area contributed by atoms with Crippen LogP contribution in [-0.2, 0) is 6.54 Å². The van der Waals surface area contributed by atoms with Crippen LogP contribution in [0.5, 0.6) is 0 Å². The van der Waals surface area contributed by atoms with Gasteiger partial charge < -0.3 is 15.7 Å². The maximum absolute atomic E-state index is 12.2. The van der Waals surface area contributed by atoms with E-state index in [2.05, 4.69) is 48.3 Å². The fraction of sp³-hybridized carbons (Fsp3) is 0.176. The van der Waals surface area contributed by atoms with Crippen LogP contribution in [0, 0.1) is 3.57 Å². The molecule has 3 rings (SSSR count). The summed E-state index contributed by atoms with van der Waals surface area (Å²) in [5, 5.41) is 19.2. The number of nitrogens with one attached hydrogen (secondary N) is 2. The van der Waals surface area contributed by atoms with E-state index in [1.54, 1.807) is 17.2 Å². The van der Waals surface area contributed by atoms with Gasteiger partial charge in [0.1, 0.15) is 12.7 Å². The Labute approximate surface area is 163 Å². The first-order valence-corrected chi connectivity index (χ1v) is 8.95. The number of benzene rings is 1. The number of rotatable bonds is 6. The molecule has 0 saturated carbocycles. The van der Waals surface area contributed by atoms with Gasteiger partial charge in [-0.05, 0) is 51.9 Å². The summed E-state index contributed by atoms with van der Waals surface area (Å²) < 4.78 is 2.53. The minimum atomic E-state index is -0.466. The van der Waals surface area contributed by atoms with E-state index in [-0.39, 0.29) is 12.6 Å². The van der Waals surface area contributed by atoms with Crippen molar-refractivity contribution >= 4 is 28.6 Å². The summed E-state index contributed by atoms with van der Waals surface area (Å²) in [6.45, 7) is 0.138. The van der Waals surface area contributed by atoms with Gasteiger partial charge in [-0.25, -0.2) is 19.4 Å². The molecule has 1 aromatic carbocycles. The Kier molecular flexibility index (Phi) is 6.12. The number of hydrogen-bond donors (Lipinski definition) is 3. The molecule has 0 saturated heterocycles. The fourth-order valence-electron chi connectivity index (χ4n) is 2.39. The monoisotopic (exact) mass is 464 g/mol. The van der Waals surface area contributed by atoms with Gasteiger partial charge in [-0.3, -0.25) is 0 Å². The number of hydrogen-bond acceptors (Lipinski definition) is 5. The van der Waals surface area contributed by atoms with Gasteiger partial charge in [0.15, 0.2) is 5.82 Å². The summed E-state index contributed by atoms with van der Waals surface area (Å²) in [5.74, 6) is 0.620. The molecular formula is C17H17IN6O2. The first kappa shape index (κ1) is 18.3. The number of amides is 2. The second-order valence-corrected chi connectivity index (χ2v) is 6.61. The third-order valence-electron chi connectivity index (χ3n) is 3.68. The minimum absolute atomic E-state index is 0.181. The Morgan fingerprint density at radius 3 is 2.88 bits per heavy atom. The number of halogens is 1. The van der Waals surface area contributed by atoms with Gasteiger partial charge in [-0.2, -0.15) is 5.10 Å². The third-order valence-corrected chi connectivity index (χ3v) is 4.67. The molecule has 9 heteroatoms. The van der Waals surface area contributed by atoms with Gasteiger partial charge in [-0.15, -0.1) is 0 Å². The lowest BCUT2D eigenvalue weighted by atomic mass is 10.1. The molecule has 3 aromatic rings. The van der Waals surface area contributed by atoms with Gasteiger partial charge in [0.2, 0.25) is 0 Å². The largest absolute Gasteiger partial charge is 0.394 e. The number of aliphatic hydroxyl groups excluding tert-OH is 1. The van der Waals surface area contributed by atoms with Crippen molar-refractivity contribution in [1.82, 2.24) is 30.4 Å². The van der Waals surface area contributed by atoms with Crippen LogP contribution in [0.3, 0.4) is 0 Å². The highest BCUT2D eigenvalue weighted by Crippen LogP contribution is 2.19. The lowest BCUT2D eigenvalue weighted by Gasteiger charge is -2.18. The van der Waals surface area contributed by atoms with Crippen molar-refractivity contribution in [1.29, 1.82) is 0 Å². The Balaban J connectivity index is 1.60. The van der Waals surface area contributed by atoms with E-state index < -0.39 is 6.04 Å². The normalized spacial score (nSPS) is 11.8. The Hall–Kier alpha value is -2.53. The first-order chi connectivity index (χ1) is 12.7. The van der Waals surface area contributed by atoms with Crippen LogP contribution in [0.2, 0.25) is 0 Å². The van der Waals surface area contributed by atoms with Crippen LogP contribution in [0.4, 0.5) is 4.79 Å². The van der Waals surface area contributed by atoms with Gasteiger partial charge in [0.05, 0.1) is 12.6 Å². The Morgan fingerprint density at radius 2 is 2.15 bits per heavy atom. The highest BCUT2D eigenvalue weighted by atomic mass is 127. The predicted octanol–water partition coefficient (Wildman–Crippen LogP) is 1.80. The molecule has 2 amide bonds. The smallest absolute Gasteiger partial charge is 0.315 e. The number of urea groups is 1. The summed E-state index contributed by atoms with van der Waals surface area (Å²) in [5.41, 5.74) is 1.75. The minimum Gasteiger partial charge on any atom is -0.394 e. The maximum atomic E-state index is 12.2. The molecule has 3 N–H and O–H groups in total. The molecule has 134 valence electrons. The lowest BCUT2D eigenvalue weighted by molar-refractivity contribution is 0.216. The van der Waals surface area contributed by atoms with E-state index in [1.165, 1.54) is 6.33 Å². The van der Waals surface area contributed by atoms with E-state index in [4.69, 9.17) is 0 Å².